The van der Waals surface area contributed by atoms with Crippen LogP contribution >= 0.6 is 0 Å². The third-order valence-corrected chi connectivity index (χ3v) is 2.01. The molecule has 1 heterocycles. The number of aliphatic hydroxyl groups excluding tert-OH is 1. The largest absolute Gasteiger partial charge is 0.418 e. The van der Waals surface area contributed by atoms with Gasteiger partial charge in [-0.15, -0.1) is 0 Å². The van der Waals surface area contributed by atoms with E-state index in [1.54, 1.807) is 13.8 Å². The fraction of sp³-hybridized carbons (Fsp3) is 0.500. The molecule has 0 spiro atoms. The summed E-state index contributed by atoms with van der Waals surface area (Å²) in [5, 5.41) is 8.75. The van der Waals surface area contributed by atoms with E-state index in [0.717, 1.165) is 6.07 Å². The molecule has 0 radical (unpaired) electrons. The van der Waals surface area contributed by atoms with Gasteiger partial charge in [0, 0.05) is 6.20 Å². The lowest BCUT2D eigenvalue weighted by Crippen LogP contribution is -2.12. The van der Waals surface area contributed by atoms with Gasteiger partial charge >= 0.3 is 6.18 Å². The zero-order valence-corrected chi connectivity index (χ0v) is 8.47. The van der Waals surface area contributed by atoms with Crippen molar-refractivity contribution in [3.05, 3.63) is 29.1 Å². The van der Waals surface area contributed by atoms with Crippen LogP contribution in [0.5, 0.6) is 0 Å². The predicted octanol–water partition coefficient (Wildman–Crippen LogP) is 2.72. The molecule has 5 heteroatoms. The van der Waals surface area contributed by atoms with Crippen LogP contribution in [0, 0.1) is 0 Å². The highest BCUT2D eigenvalue weighted by atomic mass is 19.4. The van der Waals surface area contributed by atoms with Crippen molar-refractivity contribution in [2.45, 2.75) is 32.5 Å². The highest BCUT2D eigenvalue weighted by Crippen LogP contribution is 2.34. The van der Waals surface area contributed by atoms with Crippen LogP contribution < -0.4 is 0 Å². The van der Waals surface area contributed by atoms with E-state index in [9.17, 15) is 13.2 Å². The third kappa shape index (κ3) is 2.68. The van der Waals surface area contributed by atoms with E-state index in [1.165, 1.54) is 6.20 Å². The second-order valence-corrected chi connectivity index (χ2v) is 3.59. The molecule has 0 aliphatic carbocycles. The first-order chi connectivity index (χ1) is 6.86. The van der Waals surface area contributed by atoms with Crippen LogP contribution in [0.2, 0.25) is 0 Å². The number of halogens is 3. The van der Waals surface area contributed by atoms with Crippen molar-refractivity contribution in [2.75, 3.05) is 0 Å². The minimum Gasteiger partial charge on any atom is -0.392 e. The molecule has 0 bridgehead atoms. The van der Waals surface area contributed by atoms with E-state index in [1.807, 2.05) is 0 Å². The average Bonchev–Trinajstić information content (AvgIpc) is 2.15. The predicted molar refractivity (Wildman–Crippen MR) is 49.3 cm³/mol. The zero-order chi connectivity index (χ0) is 11.6. The molecule has 0 saturated heterocycles. The highest BCUT2D eigenvalue weighted by Gasteiger charge is 2.35. The van der Waals surface area contributed by atoms with Crippen molar-refractivity contribution in [1.82, 2.24) is 4.98 Å². The summed E-state index contributed by atoms with van der Waals surface area (Å²) in [4.78, 5) is 3.74. The van der Waals surface area contributed by atoms with E-state index in [-0.39, 0.29) is 17.2 Å². The van der Waals surface area contributed by atoms with Crippen molar-refractivity contribution in [3.8, 4) is 0 Å². The average molecular weight is 219 g/mol. The second kappa shape index (κ2) is 4.18. The standard InChI is InChI=1S/C10H12F3NO/c1-6(2)9-8(10(11,12)13)3-7(5-15)4-14-9/h3-4,6,15H,5H2,1-2H3. The van der Waals surface area contributed by atoms with Crippen molar-refractivity contribution in [3.63, 3.8) is 0 Å². The number of pyridine rings is 1. The van der Waals surface area contributed by atoms with Crippen LogP contribution in [0.3, 0.4) is 0 Å². The van der Waals surface area contributed by atoms with Crippen molar-refractivity contribution in [2.24, 2.45) is 0 Å². The lowest BCUT2D eigenvalue weighted by atomic mass is 10.0. The number of hydrogen-bond acceptors (Lipinski definition) is 2. The van der Waals surface area contributed by atoms with Gasteiger partial charge in [0.15, 0.2) is 0 Å². The maximum Gasteiger partial charge on any atom is 0.418 e. The van der Waals surface area contributed by atoms with E-state index in [2.05, 4.69) is 4.98 Å². The summed E-state index contributed by atoms with van der Waals surface area (Å²) in [7, 11) is 0. The van der Waals surface area contributed by atoms with Gasteiger partial charge in [-0.25, -0.2) is 0 Å². The molecule has 2 nitrogen and oxygen atoms in total. The SMILES string of the molecule is CC(C)c1ncc(CO)cc1C(F)(F)F. The first-order valence-electron chi connectivity index (χ1n) is 4.53. The Bertz CT molecular complexity index is 347. The van der Waals surface area contributed by atoms with Crippen LogP contribution in [-0.2, 0) is 12.8 Å². The van der Waals surface area contributed by atoms with Crippen LogP contribution in [0.15, 0.2) is 12.3 Å². The third-order valence-electron chi connectivity index (χ3n) is 2.01. The molecular weight excluding hydrogens is 207 g/mol. The molecule has 0 fully saturated rings. The summed E-state index contributed by atoms with van der Waals surface area (Å²) in [5.74, 6) is -0.297. The lowest BCUT2D eigenvalue weighted by molar-refractivity contribution is -0.138. The smallest absolute Gasteiger partial charge is 0.392 e. The van der Waals surface area contributed by atoms with Gasteiger partial charge in [0.1, 0.15) is 0 Å². The van der Waals surface area contributed by atoms with E-state index < -0.39 is 18.3 Å². The van der Waals surface area contributed by atoms with Gasteiger partial charge in [-0.3, -0.25) is 4.98 Å². The fourth-order valence-corrected chi connectivity index (χ4v) is 1.29. The normalized spacial score (nSPS) is 12.2. The Balaban J connectivity index is 3.29. The molecule has 1 rings (SSSR count). The lowest BCUT2D eigenvalue weighted by Gasteiger charge is -2.15. The fourth-order valence-electron chi connectivity index (χ4n) is 1.29. The van der Waals surface area contributed by atoms with Gasteiger partial charge < -0.3 is 5.11 Å². The van der Waals surface area contributed by atoms with Gasteiger partial charge in [0.2, 0.25) is 0 Å². The maximum atomic E-state index is 12.6. The van der Waals surface area contributed by atoms with E-state index in [4.69, 9.17) is 5.11 Å². The molecule has 84 valence electrons. The molecule has 0 aromatic carbocycles. The summed E-state index contributed by atoms with van der Waals surface area (Å²) >= 11 is 0. The van der Waals surface area contributed by atoms with Crippen LogP contribution in [-0.4, -0.2) is 10.1 Å². The van der Waals surface area contributed by atoms with Crippen molar-refractivity contribution < 1.29 is 18.3 Å². The minimum absolute atomic E-state index is 0.0136. The summed E-state index contributed by atoms with van der Waals surface area (Å²) in [6.07, 6.45) is -3.15. The van der Waals surface area contributed by atoms with Crippen LogP contribution in [0.25, 0.3) is 0 Å². The molecule has 0 amide bonds. The Hall–Kier alpha value is -1.10. The minimum atomic E-state index is -4.42. The molecule has 1 N–H and O–H groups in total. The summed E-state index contributed by atoms with van der Waals surface area (Å²) < 4.78 is 37.8. The Morgan fingerprint density at radius 3 is 2.40 bits per heavy atom. The molecule has 0 saturated carbocycles. The molecule has 0 unspecified atom stereocenters. The van der Waals surface area contributed by atoms with Crippen LogP contribution in [0.4, 0.5) is 13.2 Å². The van der Waals surface area contributed by atoms with Crippen molar-refractivity contribution in [1.29, 1.82) is 0 Å². The molecular formula is C10H12F3NO. The number of hydrogen-bond donors (Lipinski definition) is 1. The summed E-state index contributed by atoms with van der Waals surface area (Å²) in [5.41, 5.74) is -0.574. The van der Waals surface area contributed by atoms with Gasteiger partial charge in [-0.2, -0.15) is 13.2 Å². The van der Waals surface area contributed by atoms with E-state index >= 15 is 0 Å². The van der Waals surface area contributed by atoms with E-state index in [0.29, 0.717) is 0 Å². The first-order valence-corrected chi connectivity index (χ1v) is 4.53. The number of nitrogens with zero attached hydrogens (tertiary/aromatic N) is 1. The molecule has 1 aromatic heterocycles. The molecule has 0 aliphatic heterocycles. The Kier molecular flexibility index (Phi) is 3.34. The van der Waals surface area contributed by atoms with Gasteiger partial charge in [-0.05, 0) is 17.5 Å². The molecule has 15 heavy (non-hydrogen) atoms. The number of aromatic nitrogens is 1. The van der Waals surface area contributed by atoms with Gasteiger partial charge in [0.25, 0.3) is 0 Å². The molecule has 0 aliphatic rings. The highest BCUT2D eigenvalue weighted by molar-refractivity contribution is 5.29. The summed E-state index contributed by atoms with van der Waals surface area (Å²) in [6, 6.07) is 0.947. The number of alkyl halides is 3. The monoisotopic (exact) mass is 219 g/mol. The van der Waals surface area contributed by atoms with Gasteiger partial charge in [-0.1, -0.05) is 13.8 Å². The Labute approximate surface area is 85.8 Å². The number of rotatable bonds is 2. The topological polar surface area (TPSA) is 33.1 Å². The first kappa shape index (κ1) is 12.0. The Morgan fingerprint density at radius 2 is 2.00 bits per heavy atom. The van der Waals surface area contributed by atoms with Gasteiger partial charge in [0.05, 0.1) is 17.9 Å². The van der Waals surface area contributed by atoms with Crippen molar-refractivity contribution >= 4 is 0 Å². The molecule has 0 atom stereocenters. The molecule has 1 aromatic rings. The Morgan fingerprint density at radius 1 is 1.40 bits per heavy atom. The number of aliphatic hydroxyl groups is 1. The summed E-state index contributed by atoms with van der Waals surface area (Å²) in [6.45, 7) is 2.86. The zero-order valence-electron chi connectivity index (χ0n) is 8.47. The maximum absolute atomic E-state index is 12.6. The second-order valence-electron chi connectivity index (χ2n) is 3.59. The van der Waals surface area contributed by atoms with Crippen LogP contribution in [0.1, 0.15) is 36.6 Å². The quantitative estimate of drug-likeness (QED) is 0.829.